The number of sulfone groups is 1. The molecule has 9 heterocycles. The molecule has 1 saturated heterocycles. The molecule has 10 rings (SSSR count). The second-order valence-electron chi connectivity index (χ2n) is 16.3. The molecule has 5 aromatic heterocycles. The number of hydrogen-bond donors (Lipinski definition) is 1. The number of thiol groups is 1. The number of aryl methyl sites for hydroxylation is 2. The summed E-state index contributed by atoms with van der Waals surface area (Å²) in [6.07, 6.45) is 6.78. The number of nitrogens with zero attached hydrogens (tertiary/aromatic N) is 14. The Hall–Kier alpha value is -3.96. The molecule has 25 heteroatoms. The number of carbonyl (C=O) groups is 3. The Morgan fingerprint density at radius 1 is 0.803 bits per heavy atom. The van der Waals surface area contributed by atoms with Crippen molar-refractivity contribution in [3.05, 3.63) is 72.0 Å². The minimum atomic E-state index is -2.97. The summed E-state index contributed by atoms with van der Waals surface area (Å²) in [4.78, 5) is 53.8. The molecule has 0 N–H and O–H groups in total. The number of benzene rings is 1. The van der Waals surface area contributed by atoms with E-state index in [-0.39, 0.29) is 35.1 Å². The molecule has 0 atom stereocenters. The van der Waals surface area contributed by atoms with Gasteiger partial charge in [-0.25, -0.2) is 23.4 Å². The van der Waals surface area contributed by atoms with E-state index in [0.717, 1.165) is 94.6 Å². The number of carbonyl (C=O) groups excluding carboxylic acids is 3. The molecule has 4 aliphatic rings. The van der Waals surface area contributed by atoms with Gasteiger partial charge in [0.25, 0.3) is 0 Å². The van der Waals surface area contributed by atoms with Gasteiger partial charge in [-0.2, -0.15) is 10.2 Å². The first-order chi connectivity index (χ1) is 31.4. The van der Waals surface area contributed by atoms with E-state index in [4.69, 9.17) is 10.1 Å². The SMILES string of the molecule is CC(=O)N1CCn2c(Br)nc(I)c2C1.CC(=O)N1CCn2c(C3CCS(=O)(=O)CC3)nc(-c3ccc4c(c3)c(-c3cnn(C)c3)nn4C)c2C1.CC(=O)N1CCn2cnc(I)c2C1.[B]=NS. The van der Waals surface area contributed by atoms with Crippen LogP contribution in [0.4, 0.5) is 0 Å². The molecule has 66 heavy (non-hydrogen) atoms. The zero-order valence-electron chi connectivity index (χ0n) is 37.1. The molecule has 4 aliphatic heterocycles. The Labute approximate surface area is 425 Å². The van der Waals surface area contributed by atoms with Crippen LogP contribution in [-0.4, -0.2) is 128 Å². The van der Waals surface area contributed by atoms with Gasteiger partial charge in [0.15, 0.2) is 4.73 Å². The van der Waals surface area contributed by atoms with Crippen LogP contribution in [0.5, 0.6) is 0 Å². The van der Waals surface area contributed by atoms with Gasteiger partial charge in [-0.05, 0) is 86.1 Å². The quantitative estimate of drug-likeness (QED) is 0.141. The number of hydrogen-bond acceptors (Lipinski definition) is 12. The third kappa shape index (κ3) is 11.0. The van der Waals surface area contributed by atoms with E-state index >= 15 is 0 Å². The third-order valence-corrected chi connectivity index (χ3v) is 16.2. The van der Waals surface area contributed by atoms with Gasteiger partial charge in [-0.15, -0.1) is 0 Å². The van der Waals surface area contributed by atoms with Crippen molar-refractivity contribution in [2.75, 3.05) is 31.1 Å². The fourth-order valence-corrected chi connectivity index (χ4v) is 12.3. The summed E-state index contributed by atoms with van der Waals surface area (Å²) in [5.41, 5.74) is 7.91. The van der Waals surface area contributed by atoms with E-state index in [1.165, 1.54) is 0 Å². The summed E-state index contributed by atoms with van der Waals surface area (Å²) < 4.78 is 39.7. The van der Waals surface area contributed by atoms with Crippen LogP contribution in [0.25, 0.3) is 33.4 Å². The number of halogens is 3. The Morgan fingerprint density at radius 2 is 1.39 bits per heavy atom. The van der Waals surface area contributed by atoms with E-state index < -0.39 is 9.84 Å². The van der Waals surface area contributed by atoms with Crippen molar-refractivity contribution >= 4 is 120 Å². The number of rotatable bonds is 3. The normalized spacial score (nSPS) is 16.4. The number of aromatic nitrogens is 10. The van der Waals surface area contributed by atoms with E-state index in [0.29, 0.717) is 45.6 Å². The minimum absolute atomic E-state index is 0.0419. The van der Waals surface area contributed by atoms with Gasteiger partial charge < -0.3 is 28.4 Å². The molecular formula is C41H49BBrI2N14O5S2. The first kappa shape index (κ1) is 49.9. The molecular weight excluding hydrogens is 1180 g/mol. The van der Waals surface area contributed by atoms with Crippen LogP contribution in [0.3, 0.4) is 0 Å². The summed E-state index contributed by atoms with van der Waals surface area (Å²) >= 11 is 11.0. The Bertz CT molecular complexity index is 2920. The van der Waals surface area contributed by atoms with Crippen molar-refractivity contribution in [3.8, 4) is 22.5 Å². The van der Waals surface area contributed by atoms with Gasteiger partial charge in [0, 0.05) is 103 Å². The van der Waals surface area contributed by atoms with Crippen molar-refractivity contribution in [2.24, 2.45) is 18.4 Å². The maximum absolute atomic E-state index is 12.2. The Balaban J connectivity index is 0.000000176. The predicted octanol–water partition coefficient (Wildman–Crippen LogP) is 5.14. The van der Waals surface area contributed by atoms with E-state index in [1.54, 1.807) is 25.5 Å². The van der Waals surface area contributed by atoms with E-state index in [2.05, 4.69) is 133 Å². The van der Waals surface area contributed by atoms with Crippen molar-refractivity contribution in [2.45, 2.75) is 78.8 Å². The average molecular weight is 1230 g/mol. The zero-order chi connectivity index (χ0) is 47.6. The van der Waals surface area contributed by atoms with E-state index in [1.807, 2.05) is 52.2 Å². The molecule has 0 spiro atoms. The summed E-state index contributed by atoms with van der Waals surface area (Å²) in [7, 11) is 5.18. The van der Waals surface area contributed by atoms with Gasteiger partial charge in [-0.3, -0.25) is 23.7 Å². The molecule has 1 radical (unpaired) electrons. The molecule has 0 bridgehead atoms. The van der Waals surface area contributed by atoms with Crippen LogP contribution in [0.2, 0.25) is 0 Å². The third-order valence-electron chi connectivity index (χ3n) is 12.2. The second kappa shape index (κ2) is 21.1. The molecule has 19 nitrogen and oxygen atoms in total. The summed E-state index contributed by atoms with van der Waals surface area (Å²) in [6, 6.07) is 6.24. The first-order valence-electron chi connectivity index (χ1n) is 21.1. The van der Waals surface area contributed by atoms with E-state index in [9.17, 15) is 22.8 Å². The summed E-state index contributed by atoms with van der Waals surface area (Å²) in [5, 5.41) is 10.1. The van der Waals surface area contributed by atoms with Crippen LogP contribution < -0.4 is 0 Å². The van der Waals surface area contributed by atoms with Crippen LogP contribution >= 0.6 is 73.9 Å². The molecule has 0 unspecified atom stereocenters. The fourth-order valence-electron chi connectivity index (χ4n) is 8.57. The van der Waals surface area contributed by atoms with Crippen molar-refractivity contribution in [1.29, 1.82) is 0 Å². The Kier molecular flexibility index (Phi) is 16.0. The topological polar surface area (TPSA) is 197 Å². The fraction of sp³-hybridized carbons (Fsp3) is 0.463. The summed E-state index contributed by atoms with van der Waals surface area (Å²) in [6.45, 7) is 11.2. The molecule has 1 aromatic carbocycles. The number of imidazole rings is 3. The van der Waals surface area contributed by atoms with Crippen LogP contribution in [-0.2, 0) is 77.6 Å². The number of amides is 3. The predicted molar refractivity (Wildman–Crippen MR) is 273 cm³/mol. The molecule has 0 aliphatic carbocycles. The van der Waals surface area contributed by atoms with Crippen LogP contribution in [0, 0.1) is 7.40 Å². The average Bonchev–Trinajstić information content (AvgIpc) is 4.11. The molecule has 0 saturated carbocycles. The van der Waals surface area contributed by atoms with Crippen LogP contribution in [0.15, 0.2) is 46.0 Å². The van der Waals surface area contributed by atoms with Gasteiger partial charge in [0.2, 0.25) is 17.7 Å². The van der Waals surface area contributed by atoms with Crippen LogP contribution in [0.1, 0.15) is 62.4 Å². The zero-order valence-corrected chi connectivity index (χ0v) is 44.7. The molecule has 6 aromatic rings. The van der Waals surface area contributed by atoms with Gasteiger partial charge >= 0.3 is 24.8 Å². The Morgan fingerprint density at radius 3 is 2.00 bits per heavy atom. The summed E-state index contributed by atoms with van der Waals surface area (Å²) in [5.74, 6) is 1.75. The second-order valence-corrected chi connectivity index (χ2v) is 21.6. The molecule has 349 valence electrons. The maximum atomic E-state index is 12.2. The first-order valence-corrected chi connectivity index (χ1v) is 26.2. The number of fused-ring (bicyclic) bond motifs is 4. The monoisotopic (exact) mass is 1230 g/mol. The van der Waals surface area contributed by atoms with Crippen molar-refractivity contribution < 1.29 is 22.8 Å². The molecule has 1 fully saturated rings. The standard InChI is InChI=1S/C25H29N7O3S.C8H9BrIN3O.C8H10IN3O.BHNS/c1-16(33)31-8-9-32-22(15-31)24(27-25(32)17-6-10-36(34,35)11-7-17)18-4-5-21-20(12-18)23(28-30(21)3)19-13-26-29(2)14-19;1-5(14)12-2-3-13-6(4-12)7(10)11-8(13)9;1-6(13)11-2-3-12-5-10-8(9)7(12)4-11;1-2-3/h4-5,12-14,17H,6-11,15H2,1-3H3;2-4H2,1H3;5H,2-4H2,1H3;3H. The van der Waals surface area contributed by atoms with Crippen molar-refractivity contribution in [3.63, 3.8) is 0 Å². The van der Waals surface area contributed by atoms with Gasteiger partial charge in [0.1, 0.15) is 28.8 Å². The van der Waals surface area contributed by atoms with Crippen molar-refractivity contribution in [1.82, 2.24) is 62.9 Å². The molecule has 3 amide bonds. The van der Waals surface area contributed by atoms with Gasteiger partial charge in [0.05, 0.1) is 72.0 Å². The van der Waals surface area contributed by atoms with Gasteiger partial charge in [-0.1, -0.05) is 6.07 Å².